The van der Waals surface area contributed by atoms with Crippen LogP contribution in [0.2, 0.25) is 5.15 Å². The van der Waals surface area contributed by atoms with Crippen molar-refractivity contribution in [3.05, 3.63) is 94.4 Å². The number of aromatic nitrogens is 1. The van der Waals surface area contributed by atoms with Gasteiger partial charge in [0.15, 0.2) is 0 Å². The molecule has 0 aliphatic heterocycles. The Kier molecular flexibility index (Phi) is 5.74. The molecule has 0 aliphatic rings. The SMILES string of the molecule is Cc1cc(-c2c(C(C)C)c(Cl)nc3c(OCc4ccccc4)cccc23)ccc1F. The molecule has 0 unspecified atom stereocenters. The van der Waals surface area contributed by atoms with Gasteiger partial charge in [0, 0.05) is 10.9 Å². The number of aryl methyl sites for hydroxylation is 1. The van der Waals surface area contributed by atoms with Crippen LogP contribution in [0.1, 0.15) is 36.5 Å². The number of pyridine rings is 1. The fourth-order valence-corrected chi connectivity index (χ4v) is 4.13. The van der Waals surface area contributed by atoms with E-state index in [1.165, 1.54) is 6.07 Å². The predicted molar refractivity (Wildman–Crippen MR) is 122 cm³/mol. The maximum atomic E-state index is 13.9. The molecule has 2 nitrogen and oxygen atoms in total. The Bertz CT molecular complexity index is 1200. The second kappa shape index (κ2) is 8.45. The van der Waals surface area contributed by atoms with E-state index in [2.05, 4.69) is 13.8 Å². The number of hydrogen-bond donors (Lipinski definition) is 0. The molecule has 0 atom stereocenters. The van der Waals surface area contributed by atoms with E-state index >= 15 is 0 Å². The van der Waals surface area contributed by atoms with Crippen LogP contribution in [-0.4, -0.2) is 4.98 Å². The van der Waals surface area contributed by atoms with E-state index < -0.39 is 0 Å². The van der Waals surface area contributed by atoms with E-state index in [0.717, 1.165) is 27.6 Å². The van der Waals surface area contributed by atoms with Gasteiger partial charge in [-0.2, -0.15) is 0 Å². The molecule has 0 spiro atoms. The minimum atomic E-state index is -0.221. The molecule has 3 aromatic carbocycles. The topological polar surface area (TPSA) is 22.1 Å². The summed E-state index contributed by atoms with van der Waals surface area (Å²) in [7, 11) is 0. The first-order chi connectivity index (χ1) is 14.5. The monoisotopic (exact) mass is 419 g/mol. The summed E-state index contributed by atoms with van der Waals surface area (Å²) in [6.07, 6.45) is 0. The average Bonchev–Trinajstić information content (AvgIpc) is 2.74. The van der Waals surface area contributed by atoms with Crippen LogP contribution in [0.15, 0.2) is 66.7 Å². The molecule has 0 amide bonds. The second-order valence-electron chi connectivity index (χ2n) is 7.74. The standard InChI is InChI=1S/C26H23ClFNO/c1-16(2)23-24(19-12-13-21(28)17(3)14-19)20-10-7-11-22(25(20)29-26(23)27)30-15-18-8-5-4-6-9-18/h4-14,16H,15H2,1-3H3. The van der Waals surface area contributed by atoms with E-state index in [9.17, 15) is 4.39 Å². The quantitative estimate of drug-likeness (QED) is 0.309. The molecule has 4 heteroatoms. The van der Waals surface area contributed by atoms with E-state index in [4.69, 9.17) is 21.3 Å². The van der Waals surface area contributed by atoms with Crippen molar-refractivity contribution in [2.75, 3.05) is 0 Å². The summed E-state index contributed by atoms with van der Waals surface area (Å²) in [6, 6.07) is 21.1. The molecule has 0 radical (unpaired) electrons. The van der Waals surface area contributed by atoms with E-state index in [-0.39, 0.29) is 11.7 Å². The highest BCUT2D eigenvalue weighted by atomic mass is 35.5. The first-order valence-electron chi connectivity index (χ1n) is 10.0. The molecule has 0 aliphatic carbocycles. The number of benzene rings is 3. The number of hydrogen-bond acceptors (Lipinski definition) is 2. The summed E-state index contributed by atoms with van der Waals surface area (Å²) >= 11 is 6.67. The summed E-state index contributed by atoms with van der Waals surface area (Å²) < 4.78 is 20.0. The van der Waals surface area contributed by atoms with Gasteiger partial charge in [-0.15, -0.1) is 0 Å². The van der Waals surface area contributed by atoms with Crippen LogP contribution < -0.4 is 4.74 Å². The predicted octanol–water partition coefficient (Wildman–Crippen LogP) is 7.71. The number of ether oxygens (including phenoxy) is 1. The highest BCUT2D eigenvalue weighted by Crippen LogP contribution is 2.41. The minimum absolute atomic E-state index is 0.156. The van der Waals surface area contributed by atoms with Crippen LogP contribution in [0, 0.1) is 12.7 Å². The van der Waals surface area contributed by atoms with Gasteiger partial charge in [-0.1, -0.05) is 74.0 Å². The van der Waals surface area contributed by atoms with Gasteiger partial charge < -0.3 is 4.74 Å². The molecule has 1 heterocycles. The third kappa shape index (κ3) is 3.90. The molecule has 30 heavy (non-hydrogen) atoms. The van der Waals surface area contributed by atoms with Crippen LogP contribution in [0.25, 0.3) is 22.0 Å². The van der Waals surface area contributed by atoms with Gasteiger partial charge in [0.25, 0.3) is 0 Å². The Labute approximate surface area is 181 Å². The Morgan fingerprint density at radius 2 is 1.77 bits per heavy atom. The largest absolute Gasteiger partial charge is 0.487 e. The summed E-state index contributed by atoms with van der Waals surface area (Å²) in [5.41, 5.74) is 5.24. The molecule has 4 rings (SSSR count). The van der Waals surface area contributed by atoms with Crippen molar-refractivity contribution in [2.45, 2.75) is 33.3 Å². The van der Waals surface area contributed by atoms with Crippen molar-refractivity contribution in [3.8, 4) is 16.9 Å². The lowest BCUT2D eigenvalue weighted by Gasteiger charge is -2.19. The maximum Gasteiger partial charge on any atom is 0.146 e. The summed E-state index contributed by atoms with van der Waals surface area (Å²) in [6.45, 7) is 6.39. The number of fused-ring (bicyclic) bond motifs is 1. The molecule has 0 N–H and O–H groups in total. The minimum Gasteiger partial charge on any atom is -0.487 e. The van der Waals surface area contributed by atoms with Crippen molar-refractivity contribution in [1.82, 2.24) is 4.98 Å². The first-order valence-corrected chi connectivity index (χ1v) is 10.4. The summed E-state index contributed by atoms with van der Waals surface area (Å²) in [5, 5.41) is 1.39. The summed E-state index contributed by atoms with van der Waals surface area (Å²) in [5.74, 6) is 0.610. The van der Waals surface area contributed by atoms with Crippen LogP contribution in [0.4, 0.5) is 4.39 Å². The van der Waals surface area contributed by atoms with Gasteiger partial charge in [0.1, 0.15) is 28.8 Å². The Morgan fingerprint density at radius 3 is 2.47 bits per heavy atom. The van der Waals surface area contributed by atoms with Crippen molar-refractivity contribution in [3.63, 3.8) is 0 Å². The van der Waals surface area contributed by atoms with E-state index in [0.29, 0.717) is 28.6 Å². The molecule has 1 aromatic heterocycles. The molecular formula is C26H23ClFNO. The number of para-hydroxylation sites is 1. The maximum absolute atomic E-state index is 13.9. The van der Waals surface area contributed by atoms with Crippen molar-refractivity contribution >= 4 is 22.5 Å². The highest BCUT2D eigenvalue weighted by Gasteiger charge is 2.20. The Hall–Kier alpha value is -2.91. The van der Waals surface area contributed by atoms with Gasteiger partial charge in [0.05, 0.1) is 0 Å². The second-order valence-corrected chi connectivity index (χ2v) is 8.09. The van der Waals surface area contributed by atoms with Crippen LogP contribution in [0.5, 0.6) is 5.75 Å². The first kappa shape index (κ1) is 20.4. The lowest BCUT2D eigenvalue weighted by molar-refractivity contribution is 0.309. The fourth-order valence-electron chi connectivity index (χ4n) is 3.74. The van der Waals surface area contributed by atoms with Crippen molar-refractivity contribution < 1.29 is 9.13 Å². The smallest absolute Gasteiger partial charge is 0.146 e. The zero-order valence-electron chi connectivity index (χ0n) is 17.2. The van der Waals surface area contributed by atoms with Gasteiger partial charge in [-0.25, -0.2) is 9.37 Å². The molecule has 152 valence electrons. The van der Waals surface area contributed by atoms with Crippen molar-refractivity contribution in [1.29, 1.82) is 0 Å². The molecule has 0 saturated heterocycles. The van der Waals surface area contributed by atoms with Crippen molar-refractivity contribution in [2.24, 2.45) is 0 Å². The Balaban J connectivity index is 1.90. The third-order valence-electron chi connectivity index (χ3n) is 5.23. The average molecular weight is 420 g/mol. The number of halogens is 2. The fraction of sp³-hybridized carbons (Fsp3) is 0.192. The van der Waals surface area contributed by atoms with E-state index in [1.54, 1.807) is 13.0 Å². The van der Waals surface area contributed by atoms with Crippen LogP contribution >= 0.6 is 11.6 Å². The normalized spacial score (nSPS) is 11.3. The lowest BCUT2D eigenvalue weighted by atomic mass is 9.90. The van der Waals surface area contributed by atoms with Gasteiger partial charge in [-0.3, -0.25) is 0 Å². The van der Waals surface area contributed by atoms with E-state index in [1.807, 2.05) is 54.6 Å². The van der Waals surface area contributed by atoms with Crippen LogP contribution in [-0.2, 0) is 6.61 Å². The van der Waals surface area contributed by atoms with Gasteiger partial charge in [0.2, 0.25) is 0 Å². The number of rotatable bonds is 5. The molecule has 4 aromatic rings. The Morgan fingerprint density at radius 1 is 1.00 bits per heavy atom. The van der Waals surface area contributed by atoms with Crippen LogP contribution in [0.3, 0.4) is 0 Å². The third-order valence-corrected chi connectivity index (χ3v) is 5.52. The molecule has 0 fully saturated rings. The van der Waals surface area contributed by atoms with Gasteiger partial charge >= 0.3 is 0 Å². The lowest BCUT2D eigenvalue weighted by Crippen LogP contribution is -2.01. The number of nitrogens with zero attached hydrogens (tertiary/aromatic N) is 1. The summed E-state index contributed by atoms with van der Waals surface area (Å²) in [4.78, 5) is 4.70. The molecule has 0 saturated carbocycles. The zero-order chi connectivity index (χ0) is 21.3. The zero-order valence-corrected chi connectivity index (χ0v) is 18.0. The van der Waals surface area contributed by atoms with Gasteiger partial charge in [-0.05, 0) is 53.3 Å². The highest BCUT2D eigenvalue weighted by molar-refractivity contribution is 6.31. The molecular weight excluding hydrogens is 397 g/mol. The molecule has 0 bridgehead atoms.